The standard InChI is InChI=1S/C17H32N4/c1-9-12(6)15-19-16(13(7)10(2)3)21-17(20-15)18-14(8)11(4)5/h10-14H,9H2,1-8H3,(H,18,19,20,21). The summed E-state index contributed by atoms with van der Waals surface area (Å²) in [7, 11) is 0. The van der Waals surface area contributed by atoms with Crippen molar-refractivity contribution >= 4 is 5.95 Å². The molecular weight excluding hydrogens is 260 g/mol. The van der Waals surface area contributed by atoms with Crippen LogP contribution in [-0.4, -0.2) is 21.0 Å². The zero-order valence-corrected chi connectivity index (χ0v) is 14.9. The fraction of sp³-hybridized carbons (Fsp3) is 0.824. The second kappa shape index (κ2) is 7.71. The predicted molar refractivity (Wildman–Crippen MR) is 89.7 cm³/mol. The van der Waals surface area contributed by atoms with E-state index in [1.54, 1.807) is 0 Å². The molecule has 1 aromatic heterocycles. The Morgan fingerprint density at radius 1 is 0.810 bits per heavy atom. The fourth-order valence-corrected chi connectivity index (χ4v) is 1.75. The molecule has 0 aliphatic rings. The Kier molecular flexibility index (Phi) is 6.56. The van der Waals surface area contributed by atoms with Crippen molar-refractivity contribution in [2.75, 3.05) is 5.32 Å². The zero-order chi connectivity index (χ0) is 16.2. The molecule has 0 saturated heterocycles. The largest absolute Gasteiger partial charge is 0.351 e. The lowest BCUT2D eigenvalue weighted by Crippen LogP contribution is -2.24. The third-order valence-corrected chi connectivity index (χ3v) is 4.49. The third kappa shape index (κ3) is 4.94. The maximum atomic E-state index is 4.72. The Morgan fingerprint density at radius 3 is 1.86 bits per heavy atom. The molecule has 4 nitrogen and oxygen atoms in total. The monoisotopic (exact) mass is 292 g/mol. The summed E-state index contributed by atoms with van der Waals surface area (Å²) in [6.07, 6.45) is 1.04. The van der Waals surface area contributed by atoms with E-state index in [9.17, 15) is 0 Å². The topological polar surface area (TPSA) is 50.7 Å². The van der Waals surface area contributed by atoms with Crippen LogP contribution in [0.1, 0.15) is 85.3 Å². The first kappa shape index (κ1) is 17.9. The van der Waals surface area contributed by atoms with Crippen LogP contribution in [-0.2, 0) is 0 Å². The summed E-state index contributed by atoms with van der Waals surface area (Å²) in [6.45, 7) is 17.5. The van der Waals surface area contributed by atoms with Crippen molar-refractivity contribution in [3.8, 4) is 0 Å². The van der Waals surface area contributed by atoms with Gasteiger partial charge in [0.05, 0.1) is 0 Å². The van der Waals surface area contributed by atoms with Gasteiger partial charge in [0, 0.05) is 17.9 Å². The minimum Gasteiger partial charge on any atom is -0.351 e. The van der Waals surface area contributed by atoms with Crippen LogP contribution >= 0.6 is 0 Å². The number of aromatic nitrogens is 3. The smallest absolute Gasteiger partial charge is 0.226 e. The van der Waals surface area contributed by atoms with Crippen molar-refractivity contribution in [3.63, 3.8) is 0 Å². The van der Waals surface area contributed by atoms with Gasteiger partial charge < -0.3 is 5.32 Å². The lowest BCUT2D eigenvalue weighted by Gasteiger charge is -2.21. The second-order valence-corrected chi connectivity index (χ2v) is 6.89. The van der Waals surface area contributed by atoms with Gasteiger partial charge in [0.15, 0.2) is 0 Å². The van der Waals surface area contributed by atoms with Gasteiger partial charge in [0.1, 0.15) is 11.6 Å². The minimum absolute atomic E-state index is 0.339. The van der Waals surface area contributed by atoms with E-state index in [1.165, 1.54) is 0 Å². The third-order valence-electron chi connectivity index (χ3n) is 4.49. The quantitative estimate of drug-likeness (QED) is 0.798. The van der Waals surface area contributed by atoms with Gasteiger partial charge in [0.2, 0.25) is 5.95 Å². The molecule has 0 aliphatic carbocycles. The first-order chi connectivity index (χ1) is 9.76. The lowest BCUT2D eigenvalue weighted by molar-refractivity contribution is 0.499. The molecule has 1 N–H and O–H groups in total. The predicted octanol–water partition coefficient (Wildman–Crippen LogP) is 4.60. The number of hydrogen-bond donors (Lipinski definition) is 1. The molecule has 21 heavy (non-hydrogen) atoms. The number of nitrogens with one attached hydrogen (secondary N) is 1. The molecule has 120 valence electrons. The summed E-state index contributed by atoms with van der Waals surface area (Å²) in [5, 5.41) is 3.43. The highest BCUT2D eigenvalue weighted by molar-refractivity contribution is 5.27. The van der Waals surface area contributed by atoms with Crippen molar-refractivity contribution < 1.29 is 0 Å². The fourth-order valence-electron chi connectivity index (χ4n) is 1.75. The van der Waals surface area contributed by atoms with Crippen LogP contribution in [0.2, 0.25) is 0 Å². The summed E-state index contributed by atoms with van der Waals surface area (Å²) >= 11 is 0. The molecule has 4 heteroatoms. The maximum absolute atomic E-state index is 4.72. The van der Waals surface area contributed by atoms with Crippen molar-refractivity contribution in [2.24, 2.45) is 11.8 Å². The molecule has 0 aliphatic heterocycles. The van der Waals surface area contributed by atoms with Gasteiger partial charge in [-0.1, -0.05) is 48.5 Å². The Labute approximate surface area is 130 Å². The first-order valence-corrected chi connectivity index (χ1v) is 8.28. The van der Waals surface area contributed by atoms with E-state index in [1.807, 2.05) is 0 Å². The van der Waals surface area contributed by atoms with Crippen LogP contribution in [0.4, 0.5) is 5.95 Å². The van der Waals surface area contributed by atoms with Gasteiger partial charge in [-0.15, -0.1) is 0 Å². The first-order valence-electron chi connectivity index (χ1n) is 8.28. The Hall–Kier alpha value is -1.19. The van der Waals surface area contributed by atoms with E-state index in [2.05, 4.69) is 70.7 Å². The Bertz CT molecular complexity index is 442. The van der Waals surface area contributed by atoms with E-state index in [-0.39, 0.29) is 0 Å². The van der Waals surface area contributed by atoms with E-state index in [0.717, 1.165) is 24.0 Å². The number of hydrogen-bond acceptors (Lipinski definition) is 4. The summed E-state index contributed by atoms with van der Waals surface area (Å²) in [4.78, 5) is 14.0. The highest BCUT2D eigenvalue weighted by Gasteiger charge is 2.19. The van der Waals surface area contributed by atoms with Crippen LogP contribution in [0.3, 0.4) is 0 Å². The van der Waals surface area contributed by atoms with Gasteiger partial charge in [-0.25, -0.2) is 4.98 Å². The SMILES string of the molecule is CCC(C)c1nc(NC(C)C(C)C)nc(C(C)C(C)C)n1. The zero-order valence-electron chi connectivity index (χ0n) is 14.9. The average molecular weight is 292 g/mol. The molecule has 0 aromatic carbocycles. The summed E-state index contributed by atoms with van der Waals surface area (Å²) in [5.74, 6) is 4.31. The molecular formula is C17H32N4. The Morgan fingerprint density at radius 2 is 1.38 bits per heavy atom. The highest BCUT2D eigenvalue weighted by Crippen LogP contribution is 2.24. The van der Waals surface area contributed by atoms with Crippen LogP contribution in [0.5, 0.6) is 0 Å². The normalized spacial score (nSPS) is 16.1. The van der Waals surface area contributed by atoms with Gasteiger partial charge >= 0.3 is 0 Å². The molecule has 0 fully saturated rings. The molecule has 0 bridgehead atoms. The second-order valence-electron chi connectivity index (χ2n) is 6.89. The molecule has 3 atom stereocenters. The van der Waals surface area contributed by atoms with Crippen LogP contribution in [0.15, 0.2) is 0 Å². The molecule has 1 aromatic rings. The molecule has 3 unspecified atom stereocenters. The van der Waals surface area contributed by atoms with Crippen LogP contribution < -0.4 is 5.32 Å². The van der Waals surface area contributed by atoms with Gasteiger partial charge in [-0.05, 0) is 25.2 Å². The van der Waals surface area contributed by atoms with Crippen molar-refractivity contribution in [1.29, 1.82) is 0 Å². The van der Waals surface area contributed by atoms with Crippen molar-refractivity contribution in [2.45, 2.75) is 79.7 Å². The van der Waals surface area contributed by atoms with E-state index in [4.69, 9.17) is 4.98 Å². The molecule has 0 amide bonds. The lowest BCUT2D eigenvalue weighted by atomic mass is 9.97. The van der Waals surface area contributed by atoms with E-state index in [0.29, 0.717) is 29.7 Å². The highest BCUT2D eigenvalue weighted by atomic mass is 15.2. The van der Waals surface area contributed by atoms with E-state index >= 15 is 0 Å². The van der Waals surface area contributed by atoms with Crippen molar-refractivity contribution in [1.82, 2.24) is 15.0 Å². The number of nitrogens with zero attached hydrogens (tertiary/aromatic N) is 3. The van der Waals surface area contributed by atoms with Gasteiger partial charge in [-0.2, -0.15) is 9.97 Å². The maximum Gasteiger partial charge on any atom is 0.226 e. The average Bonchev–Trinajstić information content (AvgIpc) is 2.44. The Balaban J connectivity index is 3.14. The summed E-state index contributed by atoms with van der Waals surface area (Å²) < 4.78 is 0. The summed E-state index contributed by atoms with van der Waals surface area (Å²) in [6, 6.07) is 0.347. The molecule has 1 rings (SSSR count). The van der Waals surface area contributed by atoms with Gasteiger partial charge in [-0.3, -0.25) is 0 Å². The molecule has 1 heterocycles. The summed E-state index contributed by atoms with van der Waals surface area (Å²) in [5.41, 5.74) is 0. The van der Waals surface area contributed by atoms with Crippen LogP contribution in [0.25, 0.3) is 0 Å². The van der Waals surface area contributed by atoms with E-state index < -0.39 is 0 Å². The van der Waals surface area contributed by atoms with Gasteiger partial charge in [0.25, 0.3) is 0 Å². The molecule has 0 radical (unpaired) electrons. The number of anilines is 1. The molecule has 0 spiro atoms. The van der Waals surface area contributed by atoms with Crippen molar-refractivity contribution in [3.05, 3.63) is 11.6 Å². The molecule has 0 saturated carbocycles. The minimum atomic E-state index is 0.339. The van der Waals surface area contributed by atoms with Crippen LogP contribution in [0, 0.1) is 11.8 Å². The number of rotatable bonds is 7.